The van der Waals surface area contributed by atoms with Crippen LogP contribution < -0.4 is 0 Å². The molecule has 1 aromatic carbocycles. The average molecular weight is 337 g/mol. The normalized spacial score (nSPS) is 17.3. The van der Waals surface area contributed by atoms with Crippen LogP contribution >= 0.6 is 0 Å². The molecule has 1 amide bonds. The molecule has 1 fully saturated rings. The van der Waals surface area contributed by atoms with Gasteiger partial charge in [0.05, 0.1) is 23.5 Å². The number of aromatic nitrogens is 4. The van der Waals surface area contributed by atoms with E-state index in [9.17, 15) is 9.59 Å². The Morgan fingerprint density at radius 2 is 2.16 bits per heavy atom. The first kappa shape index (κ1) is 15.6. The van der Waals surface area contributed by atoms with Gasteiger partial charge in [-0.25, -0.2) is 0 Å². The van der Waals surface area contributed by atoms with E-state index < -0.39 is 0 Å². The van der Waals surface area contributed by atoms with E-state index in [-0.39, 0.29) is 17.7 Å². The summed E-state index contributed by atoms with van der Waals surface area (Å²) in [5, 5.41) is 11.8. The lowest BCUT2D eigenvalue weighted by Crippen LogP contribution is -2.36. The van der Waals surface area contributed by atoms with Crippen molar-refractivity contribution >= 4 is 22.6 Å². The number of rotatable bonds is 4. The van der Waals surface area contributed by atoms with E-state index in [1.165, 1.54) is 0 Å². The van der Waals surface area contributed by atoms with Crippen LogP contribution in [0.5, 0.6) is 0 Å². The van der Waals surface area contributed by atoms with Gasteiger partial charge in [-0.2, -0.15) is 10.2 Å². The zero-order chi connectivity index (χ0) is 17.4. The summed E-state index contributed by atoms with van der Waals surface area (Å²) in [5.41, 5.74) is 2.14. The Kier molecular flexibility index (Phi) is 3.83. The zero-order valence-corrected chi connectivity index (χ0v) is 14.0. The Hall–Kier alpha value is -2.96. The van der Waals surface area contributed by atoms with Crippen LogP contribution in [0.3, 0.4) is 0 Å². The second-order valence-electron chi connectivity index (χ2n) is 6.50. The number of Topliss-reactive ketones (excluding diaryl/α,β-unsaturated/α-hetero) is 1. The van der Waals surface area contributed by atoms with Gasteiger partial charge in [-0.1, -0.05) is 0 Å². The van der Waals surface area contributed by atoms with Gasteiger partial charge in [-0.05, 0) is 31.0 Å². The fourth-order valence-corrected chi connectivity index (χ4v) is 3.45. The van der Waals surface area contributed by atoms with E-state index in [2.05, 4.69) is 15.3 Å². The first-order valence-corrected chi connectivity index (χ1v) is 8.38. The number of aryl methyl sites for hydroxylation is 1. The van der Waals surface area contributed by atoms with Crippen molar-refractivity contribution in [1.29, 1.82) is 0 Å². The van der Waals surface area contributed by atoms with Gasteiger partial charge < -0.3 is 4.90 Å². The van der Waals surface area contributed by atoms with Gasteiger partial charge in [0.15, 0.2) is 5.78 Å². The number of benzene rings is 1. The highest BCUT2D eigenvalue weighted by atomic mass is 16.2. The van der Waals surface area contributed by atoms with Crippen LogP contribution in [0, 0.1) is 0 Å². The van der Waals surface area contributed by atoms with Crippen molar-refractivity contribution in [1.82, 2.24) is 24.9 Å². The highest BCUT2D eigenvalue weighted by Gasteiger charge is 2.31. The van der Waals surface area contributed by atoms with E-state index in [0.717, 1.165) is 23.7 Å². The number of carbonyl (C=O) groups excluding carboxylic acids is 2. The SMILES string of the molecule is Cn1cc(C(=O)CC2CCCN2C(=O)c2ccc3[nH]ncc3c2)cn1. The minimum absolute atomic E-state index is 0.0235. The lowest BCUT2D eigenvalue weighted by Gasteiger charge is -2.24. The standard InChI is InChI=1S/C18H19N5O2/c1-22-11-14(10-20-22)17(24)8-15-3-2-6-23(15)18(25)12-4-5-16-13(7-12)9-19-21-16/h4-5,7,9-11,15H,2-3,6,8H2,1H3,(H,19,21). The smallest absolute Gasteiger partial charge is 0.254 e. The molecule has 128 valence electrons. The van der Waals surface area contributed by atoms with E-state index >= 15 is 0 Å². The number of carbonyl (C=O) groups is 2. The molecular weight excluding hydrogens is 318 g/mol. The van der Waals surface area contributed by atoms with Crippen LogP contribution in [0.2, 0.25) is 0 Å². The Bertz CT molecular complexity index is 942. The second-order valence-corrected chi connectivity index (χ2v) is 6.50. The van der Waals surface area contributed by atoms with Crippen molar-refractivity contribution in [3.63, 3.8) is 0 Å². The molecule has 0 spiro atoms. The van der Waals surface area contributed by atoms with Gasteiger partial charge in [0, 0.05) is 43.2 Å². The van der Waals surface area contributed by atoms with Crippen molar-refractivity contribution in [3.8, 4) is 0 Å². The zero-order valence-electron chi connectivity index (χ0n) is 14.0. The fourth-order valence-electron chi connectivity index (χ4n) is 3.45. The van der Waals surface area contributed by atoms with E-state index in [1.54, 1.807) is 36.4 Å². The number of amides is 1. The molecule has 1 saturated heterocycles. The molecule has 1 unspecified atom stereocenters. The van der Waals surface area contributed by atoms with E-state index in [0.29, 0.717) is 24.1 Å². The molecule has 1 aliphatic rings. The van der Waals surface area contributed by atoms with Crippen LogP contribution in [0.25, 0.3) is 10.9 Å². The number of ketones is 1. The highest BCUT2D eigenvalue weighted by molar-refractivity contribution is 5.99. The number of aromatic amines is 1. The Labute approximate surface area is 144 Å². The minimum Gasteiger partial charge on any atom is -0.335 e. The van der Waals surface area contributed by atoms with Crippen molar-refractivity contribution in [3.05, 3.63) is 47.9 Å². The molecule has 7 heteroatoms. The maximum atomic E-state index is 12.9. The number of hydrogen-bond donors (Lipinski definition) is 1. The molecule has 0 aliphatic carbocycles. The number of hydrogen-bond acceptors (Lipinski definition) is 4. The van der Waals surface area contributed by atoms with Gasteiger partial charge in [-0.3, -0.25) is 19.4 Å². The molecule has 1 N–H and O–H groups in total. The largest absolute Gasteiger partial charge is 0.335 e. The predicted octanol–water partition coefficient (Wildman–Crippen LogP) is 2.17. The average Bonchev–Trinajstić information content (AvgIpc) is 3.33. The molecule has 7 nitrogen and oxygen atoms in total. The lowest BCUT2D eigenvalue weighted by atomic mass is 10.0. The molecule has 3 heterocycles. The summed E-state index contributed by atoms with van der Waals surface area (Å²) < 4.78 is 1.62. The maximum absolute atomic E-state index is 12.9. The fraction of sp³-hybridized carbons (Fsp3) is 0.333. The van der Waals surface area contributed by atoms with Crippen LogP contribution in [0.1, 0.15) is 40.0 Å². The summed E-state index contributed by atoms with van der Waals surface area (Å²) in [6, 6.07) is 5.46. The first-order valence-electron chi connectivity index (χ1n) is 8.38. The summed E-state index contributed by atoms with van der Waals surface area (Å²) in [6.07, 6.45) is 7.12. The third-order valence-electron chi connectivity index (χ3n) is 4.77. The molecule has 1 aliphatic heterocycles. The number of likely N-dealkylation sites (tertiary alicyclic amines) is 1. The number of nitrogens with one attached hydrogen (secondary N) is 1. The summed E-state index contributed by atoms with van der Waals surface area (Å²) in [7, 11) is 1.79. The van der Waals surface area contributed by atoms with Crippen LogP contribution in [0.4, 0.5) is 0 Å². The molecule has 1 atom stereocenters. The number of nitrogens with zero attached hydrogens (tertiary/aromatic N) is 4. The number of H-pyrrole nitrogens is 1. The molecular formula is C18H19N5O2. The van der Waals surface area contributed by atoms with Crippen molar-refractivity contribution < 1.29 is 9.59 Å². The second kappa shape index (κ2) is 6.16. The van der Waals surface area contributed by atoms with Gasteiger partial charge in [0.1, 0.15) is 0 Å². The maximum Gasteiger partial charge on any atom is 0.254 e. The molecule has 4 rings (SSSR count). The molecule has 0 radical (unpaired) electrons. The molecule has 25 heavy (non-hydrogen) atoms. The molecule has 0 bridgehead atoms. The minimum atomic E-state index is -0.0553. The van der Waals surface area contributed by atoms with Crippen LogP contribution in [0.15, 0.2) is 36.8 Å². The monoisotopic (exact) mass is 337 g/mol. The summed E-state index contributed by atoms with van der Waals surface area (Å²) in [5.74, 6) is 0.00710. The lowest BCUT2D eigenvalue weighted by molar-refractivity contribution is 0.0717. The van der Waals surface area contributed by atoms with Crippen LogP contribution in [-0.4, -0.2) is 49.2 Å². The quantitative estimate of drug-likeness (QED) is 0.740. The molecule has 2 aromatic heterocycles. The summed E-state index contributed by atoms with van der Waals surface area (Å²) in [4.78, 5) is 27.2. The Morgan fingerprint density at radius 3 is 2.96 bits per heavy atom. The summed E-state index contributed by atoms with van der Waals surface area (Å²) >= 11 is 0. The first-order chi connectivity index (χ1) is 12.1. The van der Waals surface area contributed by atoms with Crippen molar-refractivity contribution in [2.75, 3.05) is 6.54 Å². The highest BCUT2D eigenvalue weighted by Crippen LogP contribution is 2.25. The van der Waals surface area contributed by atoms with E-state index in [1.807, 2.05) is 17.0 Å². The number of fused-ring (bicyclic) bond motifs is 1. The van der Waals surface area contributed by atoms with E-state index in [4.69, 9.17) is 0 Å². The Morgan fingerprint density at radius 1 is 1.28 bits per heavy atom. The third kappa shape index (κ3) is 2.93. The predicted molar refractivity (Wildman–Crippen MR) is 92.3 cm³/mol. The van der Waals surface area contributed by atoms with Crippen LogP contribution in [-0.2, 0) is 7.05 Å². The Balaban J connectivity index is 1.52. The molecule has 0 saturated carbocycles. The topological polar surface area (TPSA) is 83.9 Å². The van der Waals surface area contributed by atoms with Gasteiger partial charge in [0.25, 0.3) is 5.91 Å². The van der Waals surface area contributed by atoms with Crippen molar-refractivity contribution in [2.45, 2.75) is 25.3 Å². The molecule has 3 aromatic rings. The van der Waals surface area contributed by atoms with Crippen molar-refractivity contribution in [2.24, 2.45) is 7.05 Å². The van der Waals surface area contributed by atoms with Gasteiger partial charge in [-0.15, -0.1) is 0 Å². The summed E-state index contributed by atoms with van der Waals surface area (Å²) in [6.45, 7) is 0.688. The third-order valence-corrected chi connectivity index (χ3v) is 4.77. The van der Waals surface area contributed by atoms with Gasteiger partial charge in [0.2, 0.25) is 0 Å². The van der Waals surface area contributed by atoms with Gasteiger partial charge >= 0.3 is 0 Å².